The minimum atomic E-state index is -1.27. The number of thiol groups is 1. The molecule has 0 aliphatic carbocycles. The van der Waals surface area contributed by atoms with Crippen molar-refractivity contribution in [2.45, 2.75) is 81.2 Å². The van der Waals surface area contributed by atoms with Crippen LogP contribution in [-0.4, -0.2) is 68.4 Å². The Morgan fingerprint density at radius 3 is 1.91 bits per heavy atom. The smallest absolute Gasteiger partial charge is 0.132 e. The molecule has 5 nitrogen and oxygen atoms in total. The van der Waals surface area contributed by atoms with Crippen molar-refractivity contribution in [2.75, 3.05) is 18.1 Å². The van der Waals surface area contributed by atoms with Gasteiger partial charge in [0.05, 0.1) is 6.61 Å². The third-order valence-electron chi connectivity index (χ3n) is 4.18. The van der Waals surface area contributed by atoms with Gasteiger partial charge in [-0.15, -0.1) is 11.8 Å². The Hall–Kier alpha value is 0.500. The van der Waals surface area contributed by atoms with E-state index < -0.39 is 29.9 Å². The van der Waals surface area contributed by atoms with E-state index in [4.69, 9.17) is 9.84 Å². The van der Waals surface area contributed by atoms with Crippen LogP contribution in [0.15, 0.2) is 0 Å². The molecule has 0 radical (unpaired) electrons. The molecular formula is C16H32O5S2. The molecule has 0 spiro atoms. The highest BCUT2D eigenvalue weighted by Crippen LogP contribution is 2.29. The molecule has 1 saturated heterocycles. The highest BCUT2D eigenvalue weighted by Gasteiger charge is 2.43. The molecule has 1 heterocycles. The average Bonchev–Trinajstić information content (AvgIpc) is 2.56. The summed E-state index contributed by atoms with van der Waals surface area (Å²) < 4.78 is 5.46. The van der Waals surface area contributed by atoms with Crippen LogP contribution in [-0.2, 0) is 4.74 Å². The zero-order valence-electron chi connectivity index (χ0n) is 13.7. The lowest BCUT2D eigenvalue weighted by atomic mass is 10.0. The minimum absolute atomic E-state index is 0.366. The molecule has 0 aromatic heterocycles. The van der Waals surface area contributed by atoms with Gasteiger partial charge in [0.25, 0.3) is 0 Å². The monoisotopic (exact) mass is 368 g/mol. The number of ether oxygens (including phenoxy) is 1. The molecule has 1 rings (SSSR count). The SMILES string of the molecule is OC[C@H]1O[C@@H](SCCCCCCCCCCS)[C@H](O)[C@@H](O)[C@@H]1O. The normalized spacial score (nSPS) is 31.4. The highest BCUT2D eigenvalue weighted by molar-refractivity contribution is 7.99. The van der Waals surface area contributed by atoms with Gasteiger partial charge < -0.3 is 25.2 Å². The number of aliphatic hydroxyl groups is 4. The quantitative estimate of drug-likeness (QED) is 0.265. The van der Waals surface area contributed by atoms with Crippen LogP contribution in [0.2, 0.25) is 0 Å². The zero-order valence-corrected chi connectivity index (χ0v) is 15.4. The number of rotatable bonds is 12. The van der Waals surface area contributed by atoms with Gasteiger partial charge in [-0.3, -0.25) is 0 Å². The van der Waals surface area contributed by atoms with Crippen molar-refractivity contribution in [1.29, 1.82) is 0 Å². The topological polar surface area (TPSA) is 90.2 Å². The summed E-state index contributed by atoms with van der Waals surface area (Å²) in [6.07, 6.45) is 5.27. The molecule has 1 fully saturated rings. The maximum atomic E-state index is 9.92. The van der Waals surface area contributed by atoms with E-state index in [0.717, 1.165) is 24.3 Å². The van der Waals surface area contributed by atoms with Gasteiger partial charge in [-0.2, -0.15) is 12.6 Å². The van der Waals surface area contributed by atoms with E-state index in [9.17, 15) is 15.3 Å². The van der Waals surface area contributed by atoms with Crippen LogP contribution in [0.25, 0.3) is 0 Å². The Balaban J connectivity index is 2.06. The van der Waals surface area contributed by atoms with E-state index in [-0.39, 0.29) is 6.61 Å². The Morgan fingerprint density at radius 2 is 1.35 bits per heavy atom. The maximum absolute atomic E-state index is 9.92. The zero-order chi connectivity index (χ0) is 17.1. The van der Waals surface area contributed by atoms with Gasteiger partial charge >= 0.3 is 0 Å². The van der Waals surface area contributed by atoms with Crippen LogP contribution < -0.4 is 0 Å². The fraction of sp³-hybridized carbons (Fsp3) is 1.00. The molecule has 5 atom stereocenters. The van der Waals surface area contributed by atoms with Crippen LogP contribution >= 0.6 is 24.4 Å². The molecule has 0 saturated carbocycles. The van der Waals surface area contributed by atoms with E-state index >= 15 is 0 Å². The van der Waals surface area contributed by atoms with Crippen molar-refractivity contribution in [3.63, 3.8) is 0 Å². The van der Waals surface area contributed by atoms with Crippen LogP contribution in [0.1, 0.15) is 51.4 Å². The summed E-state index contributed by atoms with van der Waals surface area (Å²) in [5.41, 5.74) is -0.591. The lowest BCUT2D eigenvalue weighted by molar-refractivity contribution is -0.205. The fourth-order valence-corrected chi connectivity index (χ4v) is 4.09. The molecule has 23 heavy (non-hydrogen) atoms. The van der Waals surface area contributed by atoms with Gasteiger partial charge in [0.1, 0.15) is 29.9 Å². The second kappa shape index (κ2) is 12.8. The number of hydrogen-bond acceptors (Lipinski definition) is 7. The molecule has 1 aliphatic rings. The van der Waals surface area contributed by atoms with Crippen molar-refractivity contribution in [1.82, 2.24) is 0 Å². The Bertz CT molecular complexity index is 294. The number of unbranched alkanes of at least 4 members (excludes halogenated alkanes) is 7. The molecule has 4 N–H and O–H groups in total. The molecule has 1 aliphatic heterocycles. The third kappa shape index (κ3) is 7.94. The number of thioether (sulfide) groups is 1. The average molecular weight is 369 g/mol. The first kappa shape index (κ1) is 21.5. The Morgan fingerprint density at radius 1 is 0.783 bits per heavy atom. The summed E-state index contributed by atoms with van der Waals surface area (Å²) in [6.45, 7) is -0.366. The molecule has 0 amide bonds. The van der Waals surface area contributed by atoms with E-state index in [0.29, 0.717) is 0 Å². The van der Waals surface area contributed by atoms with Gasteiger partial charge in [0.15, 0.2) is 0 Å². The lowest BCUT2D eigenvalue weighted by Gasteiger charge is -2.39. The fourth-order valence-electron chi connectivity index (χ4n) is 2.68. The maximum Gasteiger partial charge on any atom is 0.132 e. The summed E-state index contributed by atoms with van der Waals surface area (Å²) in [7, 11) is 0. The number of aliphatic hydroxyl groups excluding tert-OH is 4. The van der Waals surface area contributed by atoms with Gasteiger partial charge in [0.2, 0.25) is 0 Å². The van der Waals surface area contributed by atoms with Crippen LogP contribution in [0.4, 0.5) is 0 Å². The van der Waals surface area contributed by atoms with E-state index in [2.05, 4.69) is 12.6 Å². The molecule has 7 heteroatoms. The second-order valence-corrected chi connectivity index (χ2v) is 7.77. The van der Waals surface area contributed by atoms with Gasteiger partial charge in [-0.05, 0) is 24.3 Å². The third-order valence-corrected chi connectivity index (χ3v) is 5.74. The molecule has 138 valence electrons. The van der Waals surface area contributed by atoms with Gasteiger partial charge in [-0.25, -0.2) is 0 Å². The minimum Gasteiger partial charge on any atom is -0.394 e. The Kier molecular flexibility index (Phi) is 12.0. The first-order valence-electron chi connectivity index (χ1n) is 8.64. The van der Waals surface area contributed by atoms with Crippen LogP contribution in [0, 0.1) is 0 Å². The summed E-state index contributed by atoms with van der Waals surface area (Å²) in [6, 6.07) is 0. The largest absolute Gasteiger partial charge is 0.394 e. The second-order valence-electron chi connectivity index (χ2n) is 6.12. The highest BCUT2D eigenvalue weighted by atomic mass is 32.2. The van der Waals surface area contributed by atoms with Gasteiger partial charge in [0, 0.05) is 0 Å². The predicted molar refractivity (Wildman–Crippen MR) is 97.0 cm³/mol. The molecule has 0 aromatic carbocycles. The Labute approximate surface area is 149 Å². The first-order chi connectivity index (χ1) is 11.1. The predicted octanol–water partition coefficient (Wildman–Crippen LogP) is 1.57. The van der Waals surface area contributed by atoms with E-state index in [1.54, 1.807) is 0 Å². The number of hydrogen-bond donors (Lipinski definition) is 5. The van der Waals surface area contributed by atoms with E-state index in [1.807, 2.05) is 0 Å². The first-order valence-corrected chi connectivity index (χ1v) is 10.3. The van der Waals surface area contributed by atoms with Crippen molar-refractivity contribution in [3.05, 3.63) is 0 Å². The molecule has 0 aromatic rings. The van der Waals surface area contributed by atoms with Crippen molar-refractivity contribution in [2.24, 2.45) is 0 Å². The summed E-state index contributed by atoms with van der Waals surface area (Å²) in [5, 5.41) is 38.5. The lowest BCUT2D eigenvalue weighted by Crippen LogP contribution is -2.57. The van der Waals surface area contributed by atoms with Crippen molar-refractivity contribution < 1.29 is 25.2 Å². The molecule has 0 unspecified atom stereocenters. The van der Waals surface area contributed by atoms with Crippen molar-refractivity contribution in [3.8, 4) is 0 Å². The van der Waals surface area contributed by atoms with Gasteiger partial charge in [-0.1, -0.05) is 38.5 Å². The van der Waals surface area contributed by atoms with Crippen LogP contribution in [0.3, 0.4) is 0 Å². The molecular weight excluding hydrogens is 336 g/mol. The summed E-state index contributed by atoms with van der Waals surface area (Å²) in [4.78, 5) is 0. The summed E-state index contributed by atoms with van der Waals surface area (Å²) in [5.74, 6) is 1.82. The molecule has 0 bridgehead atoms. The summed E-state index contributed by atoms with van der Waals surface area (Å²) >= 11 is 5.64. The standard InChI is InChI=1S/C16H32O5S2/c17-11-12-13(18)14(19)15(20)16(21-12)23-10-8-6-4-2-1-3-5-7-9-22/h12-20,22H,1-11H2/t12-,13-,14+,15-,16+/m1/s1. The van der Waals surface area contributed by atoms with Crippen LogP contribution in [0.5, 0.6) is 0 Å². The van der Waals surface area contributed by atoms with Crippen molar-refractivity contribution >= 4 is 24.4 Å². The van der Waals surface area contributed by atoms with E-state index in [1.165, 1.54) is 50.3 Å².